The zero-order valence-corrected chi connectivity index (χ0v) is 11.9. The Bertz CT molecular complexity index is 470. The van der Waals surface area contributed by atoms with Gasteiger partial charge in [-0.25, -0.2) is 0 Å². The minimum Gasteiger partial charge on any atom is -0.409 e. The van der Waals surface area contributed by atoms with E-state index >= 15 is 0 Å². The van der Waals surface area contributed by atoms with Crippen molar-refractivity contribution < 1.29 is 9.94 Å². The molecule has 0 spiro atoms. The van der Waals surface area contributed by atoms with Crippen LogP contribution in [0.25, 0.3) is 0 Å². The maximum absolute atomic E-state index is 8.65. The van der Waals surface area contributed by atoms with Crippen molar-refractivity contribution in [3.63, 3.8) is 0 Å². The summed E-state index contributed by atoms with van der Waals surface area (Å²) in [5.41, 5.74) is 8.26. The smallest absolute Gasteiger partial charge is 0.139 e. The Kier molecular flexibility index (Phi) is 4.98. The van der Waals surface area contributed by atoms with E-state index in [0.717, 1.165) is 25.9 Å². The van der Waals surface area contributed by atoms with Gasteiger partial charge < -0.3 is 21.0 Å². The molecule has 1 aliphatic carbocycles. The molecule has 0 aliphatic heterocycles. The molecular formula is C15H23N3O2. The number of benzene rings is 1. The second-order valence-electron chi connectivity index (χ2n) is 5.57. The Labute approximate surface area is 119 Å². The van der Waals surface area contributed by atoms with Crippen molar-refractivity contribution in [3.8, 4) is 0 Å². The van der Waals surface area contributed by atoms with Gasteiger partial charge in [0, 0.05) is 26.6 Å². The van der Waals surface area contributed by atoms with E-state index in [1.54, 1.807) is 7.11 Å². The molecule has 5 nitrogen and oxygen atoms in total. The number of oxime groups is 1. The molecule has 5 heteroatoms. The lowest BCUT2D eigenvalue weighted by Gasteiger charge is -2.16. The standard InChI is InChI=1S/C15H23N3O2/c1-20-10-13-5-3-2-4-12(13)9-17-11-15(6-7-15)8-14(16)18-19/h2-5,17,19H,6-11H2,1H3,(H2,16,18). The van der Waals surface area contributed by atoms with E-state index < -0.39 is 0 Å². The topological polar surface area (TPSA) is 79.9 Å². The van der Waals surface area contributed by atoms with E-state index in [2.05, 4.69) is 22.6 Å². The summed E-state index contributed by atoms with van der Waals surface area (Å²) in [6, 6.07) is 8.27. The van der Waals surface area contributed by atoms with Crippen LogP contribution >= 0.6 is 0 Å². The molecule has 0 radical (unpaired) electrons. The van der Waals surface area contributed by atoms with Crippen molar-refractivity contribution in [1.29, 1.82) is 0 Å². The zero-order chi connectivity index (χ0) is 14.4. The van der Waals surface area contributed by atoms with Crippen molar-refractivity contribution in [1.82, 2.24) is 5.32 Å². The van der Waals surface area contributed by atoms with Crippen LogP contribution in [-0.2, 0) is 17.9 Å². The van der Waals surface area contributed by atoms with Gasteiger partial charge in [0.05, 0.1) is 6.61 Å². The van der Waals surface area contributed by atoms with Crippen LogP contribution in [0.5, 0.6) is 0 Å². The maximum Gasteiger partial charge on any atom is 0.139 e. The summed E-state index contributed by atoms with van der Waals surface area (Å²) in [6.07, 6.45) is 2.93. The number of amidine groups is 1. The number of nitrogens with zero attached hydrogens (tertiary/aromatic N) is 1. The van der Waals surface area contributed by atoms with Crippen molar-refractivity contribution in [2.45, 2.75) is 32.4 Å². The monoisotopic (exact) mass is 277 g/mol. The number of ether oxygens (including phenoxy) is 1. The zero-order valence-electron chi connectivity index (χ0n) is 11.9. The molecule has 2 rings (SSSR count). The van der Waals surface area contributed by atoms with Crippen LogP contribution in [0.4, 0.5) is 0 Å². The fourth-order valence-electron chi connectivity index (χ4n) is 2.50. The van der Waals surface area contributed by atoms with Gasteiger partial charge in [0.15, 0.2) is 0 Å². The molecule has 0 atom stereocenters. The second-order valence-corrected chi connectivity index (χ2v) is 5.57. The molecule has 20 heavy (non-hydrogen) atoms. The largest absolute Gasteiger partial charge is 0.409 e. The van der Waals surface area contributed by atoms with Gasteiger partial charge in [0.25, 0.3) is 0 Å². The highest BCUT2D eigenvalue weighted by molar-refractivity contribution is 5.80. The predicted octanol–water partition coefficient (Wildman–Crippen LogP) is 1.84. The van der Waals surface area contributed by atoms with Crippen LogP contribution in [-0.4, -0.2) is 24.7 Å². The third-order valence-electron chi connectivity index (χ3n) is 3.88. The SMILES string of the molecule is COCc1ccccc1CNCC1(CC(N)=NO)CC1. The molecule has 0 saturated heterocycles. The van der Waals surface area contributed by atoms with Gasteiger partial charge in [-0.05, 0) is 29.4 Å². The van der Waals surface area contributed by atoms with Crippen molar-refractivity contribution in [2.24, 2.45) is 16.3 Å². The first-order valence-corrected chi connectivity index (χ1v) is 6.92. The Morgan fingerprint density at radius 3 is 2.70 bits per heavy atom. The molecule has 1 aliphatic rings. The summed E-state index contributed by atoms with van der Waals surface area (Å²) in [6.45, 7) is 2.34. The first-order chi connectivity index (χ1) is 9.69. The highest BCUT2D eigenvalue weighted by Gasteiger charge is 2.42. The average Bonchev–Trinajstić information content (AvgIpc) is 3.20. The number of methoxy groups -OCH3 is 1. The summed E-state index contributed by atoms with van der Waals surface area (Å²) in [4.78, 5) is 0. The van der Waals surface area contributed by atoms with Gasteiger partial charge in [-0.3, -0.25) is 0 Å². The van der Waals surface area contributed by atoms with Crippen LogP contribution in [0, 0.1) is 5.41 Å². The van der Waals surface area contributed by atoms with E-state index in [0.29, 0.717) is 18.9 Å². The van der Waals surface area contributed by atoms with Crippen LogP contribution in [0.1, 0.15) is 30.4 Å². The molecule has 110 valence electrons. The quantitative estimate of drug-likeness (QED) is 0.293. The minimum atomic E-state index is 0.187. The molecule has 1 aromatic carbocycles. The van der Waals surface area contributed by atoms with E-state index in [9.17, 15) is 0 Å². The Morgan fingerprint density at radius 2 is 2.10 bits per heavy atom. The fraction of sp³-hybridized carbons (Fsp3) is 0.533. The molecule has 0 unspecified atom stereocenters. The third-order valence-corrected chi connectivity index (χ3v) is 3.88. The molecule has 4 N–H and O–H groups in total. The summed E-state index contributed by atoms with van der Waals surface area (Å²) >= 11 is 0. The Morgan fingerprint density at radius 1 is 1.40 bits per heavy atom. The first-order valence-electron chi connectivity index (χ1n) is 6.92. The number of nitrogens with two attached hydrogens (primary N) is 1. The highest BCUT2D eigenvalue weighted by atomic mass is 16.5. The van der Waals surface area contributed by atoms with Crippen molar-refractivity contribution >= 4 is 5.84 Å². The Balaban J connectivity index is 1.84. The van der Waals surface area contributed by atoms with E-state index in [4.69, 9.17) is 15.7 Å². The predicted molar refractivity (Wildman–Crippen MR) is 78.6 cm³/mol. The van der Waals surface area contributed by atoms with Crippen LogP contribution in [0.15, 0.2) is 29.4 Å². The normalized spacial score (nSPS) is 17.1. The molecule has 0 bridgehead atoms. The van der Waals surface area contributed by atoms with E-state index in [-0.39, 0.29) is 5.41 Å². The van der Waals surface area contributed by atoms with Gasteiger partial charge in [0.1, 0.15) is 5.84 Å². The third kappa shape index (κ3) is 3.95. The summed E-state index contributed by atoms with van der Waals surface area (Å²) in [5.74, 6) is 0.323. The van der Waals surface area contributed by atoms with E-state index in [1.165, 1.54) is 11.1 Å². The Hall–Kier alpha value is -1.59. The van der Waals surface area contributed by atoms with Gasteiger partial charge in [-0.1, -0.05) is 29.4 Å². The lowest BCUT2D eigenvalue weighted by atomic mass is 10.0. The number of hydrogen-bond donors (Lipinski definition) is 3. The molecule has 0 heterocycles. The number of hydrogen-bond acceptors (Lipinski definition) is 4. The fourth-order valence-corrected chi connectivity index (χ4v) is 2.50. The molecule has 1 saturated carbocycles. The second kappa shape index (κ2) is 6.72. The maximum atomic E-state index is 8.65. The molecule has 0 amide bonds. The summed E-state index contributed by atoms with van der Waals surface area (Å²) in [7, 11) is 1.71. The average molecular weight is 277 g/mol. The lowest BCUT2D eigenvalue weighted by molar-refractivity contribution is 0.184. The summed E-state index contributed by atoms with van der Waals surface area (Å²) < 4.78 is 5.21. The van der Waals surface area contributed by atoms with Crippen molar-refractivity contribution in [3.05, 3.63) is 35.4 Å². The molecule has 1 aromatic rings. The van der Waals surface area contributed by atoms with Gasteiger partial charge in [-0.2, -0.15) is 0 Å². The van der Waals surface area contributed by atoms with Gasteiger partial charge in [0.2, 0.25) is 0 Å². The van der Waals surface area contributed by atoms with Crippen molar-refractivity contribution in [2.75, 3.05) is 13.7 Å². The van der Waals surface area contributed by atoms with Crippen LogP contribution in [0.2, 0.25) is 0 Å². The van der Waals surface area contributed by atoms with E-state index in [1.807, 2.05) is 12.1 Å². The highest BCUT2D eigenvalue weighted by Crippen LogP contribution is 2.48. The molecular weight excluding hydrogens is 254 g/mol. The number of rotatable bonds is 8. The van der Waals surface area contributed by atoms with Crippen LogP contribution < -0.4 is 11.1 Å². The molecule has 1 fully saturated rings. The summed E-state index contributed by atoms with van der Waals surface area (Å²) in [5, 5.41) is 15.2. The lowest BCUT2D eigenvalue weighted by Crippen LogP contribution is -2.28. The minimum absolute atomic E-state index is 0.187. The number of nitrogens with one attached hydrogen (secondary N) is 1. The van der Waals surface area contributed by atoms with Crippen LogP contribution in [0.3, 0.4) is 0 Å². The van der Waals surface area contributed by atoms with Gasteiger partial charge >= 0.3 is 0 Å². The molecule has 0 aromatic heterocycles. The van der Waals surface area contributed by atoms with Gasteiger partial charge in [-0.15, -0.1) is 0 Å². The first kappa shape index (κ1) is 14.8.